The number of nitrogens with zero attached hydrogens (tertiary/aromatic N) is 2. The number of nitro benzene ring substituents is 2. The average Bonchev–Trinajstić information content (AvgIpc) is 2.86. The van der Waals surface area contributed by atoms with Crippen LogP contribution in [-0.2, 0) is 0 Å². The van der Waals surface area contributed by atoms with Crippen LogP contribution < -0.4 is 0 Å². The van der Waals surface area contributed by atoms with Gasteiger partial charge in [-0.2, -0.15) is 0 Å². The molecule has 0 spiro atoms. The lowest BCUT2D eigenvalue weighted by molar-refractivity contribution is -0.422. The minimum atomic E-state index is -0.851. The van der Waals surface area contributed by atoms with Crippen molar-refractivity contribution in [1.29, 1.82) is 0 Å². The van der Waals surface area contributed by atoms with Crippen LogP contribution in [0.3, 0.4) is 0 Å². The summed E-state index contributed by atoms with van der Waals surface area (Å²) in [7, 11) is 0. The number of hydrogen-bond acceptors (Lipinski definition) is 6. The van der Waals surface area contributed by atoms with Crippen molar-refractivity contribution in [3.05, 3.63) is 56.3 Å². The van der Waals surface area contributed by atoms with Gasteiger partial charge in [0.05, 0.1) is 9.85 Å². The number of para-hydroxylation sites is 1. The van der Waals surface area contributed by atoms with Crippen LogP contribution in [-0.4, -0.2) is 16.1 Å². The molecule has 0 saturated heterocycles. The van der Waals surface area contributed by atoms with Crippen LogP contribution in [0.2, 0.25) is 0 Å². The Labute approximate surface area is 105 Å². The van der Waals surface area contributed by atoms with Crippen molar-refractivity contribution in [2.45, 2.75) is 0 Å². The first-order chi connectivity index (χ1) is 9.04. The van der Waals surface area contributed by atoms with Gasteiger partial charge in [0, 0.05) is 6.07 Å². The van der Waals surface area contributed by atoms with E-state index in [2.05, 4.69) is 0 Å². The van der Waals surface area contributed by atoms with Crippen molar-refractivity contribution in [3.8, 4) is 11.3 Å². The second-order valence-electron chi connectivity index (χ2n) is 3.51. The van der Waals surface area contributed by atoms with Crippen molar-refractivity contribution >= 4 is 17.7 Å². The molecular weight excluding hydrogens is 256 g/mol. The summed E-state index contributed by atoms with van der Waals surface area (Å²) in [5.74, 6) is 0.00769. The molecule has 0 N–H and O–H groups in total. The molecule has 0 saturated carbocycles. The largest absolute Gasteiger partial charge is 0.453 e. The molecule has 96 valence electrons. The molecule has 8 nitrogen and oxygen atoms in total. The SMILES string of the molecule is O=Cc1ccc(-c2cccc([N+](=O)[O-])c2[N+](=O)[O-])o1. The molecule has 0 unspecified atom stereocenters. The zero-order valence-corrected chi connectivity index (χ0v) is 9.31. The van der Waals surface area contributed by atoms with Crippen molar-refractivity contribution in [2.24, 2.45) is 0 Å². The number of benzene rings is 1. The standard InChI is InChI=1S/C11H6N2O6/c14-6-7-4-5-10(19-7)8-2-1-3-9(12(15)16)11(8)13(17)18/h1-6H. The summed E-state index contributed by atoms with van der Waals surface area (Å²) >= 11 is 0. The Balaban J connectivity index is 2.69. The van der Waals surface area contributed by atoms with Crippen molar-refractivity contribution in [3.63, 3.8) is 0 Å². The van der Waals surface area contributed by atoms with Crippen LogP contribution in [0.5, 0.6) is 0 Å². The van der Waals surface area contributed by atoms with Gasteiger partial charge in [0.2, 0.25) is 0 Å². The van der Waals surface area contributed by atoms with Crippen molar-refractivity contribution in [1.82, 2.24) is 0 Å². The molecule has 2 rings (SSSR count). The highest BCUT2D eigenvalue weighted by molar-refractivity contribution is 5.79. The number of hydrogen-bond donors (Lipinski definition) is 0. The molecule has 19 heavy (non-hydrogen) atoms. The highest BCUT2D eigenvalue weighted by Gasteiger charge is 2.30. The van der Waals surface area contributed by atoms with Crippen molar-refractivity contribution in [2.75, 3.05) is 0 Å². The number of carbonyl (C=O) groups excluding carboxylic acids is 1. The molecule has 0 fully saturated rings. The van der Waals surface area contributed by atoms with Crippen LogP contribution >= 0.6 is 0 Å². The summed E-state index contributed by atoms with van der Waals surface area (Å²) in [6.45, 7) is 0. The molecule has 0 bridgehead atoms. The van der Waals surface area contributed by atoms with Gasteiger partial charge in [0.1, 0.15) is 11.3 Å². The van der Waals surface area contributed by atoms with E-state index in [1.54, 1.807) is 0 Å². The maximum Gasteiger partial charge on any atom is 0.356 e. The predicted octanol–water partition coefficient (Wildman–Crippen LogP) is 2.58. The van der Waals surface area contributed by atoms with Gasteiger partial charge in [-0.25, -0.2) is 0 Å². The van der Waals surface area contributed by atoms with Gasteiger partial charge >= 0.3 is 11.4 Å². The lowest BCUT2D eigenvalue weighted by Crippen LogP contribution is -1.98. The van der Waals surface area contributed by atoms with E-state index in [1.165, 1.54) is 24.3 Å². The Morgan fingerprint density at radius 3 is 2.32 bits per heavy atom. The fourth-order valence-corrected chi connectivity index (χ4v) is 1.63. The van der Waals surface area contributed by atoms with E-state index < -0.39 is 21.2 Å². The third kappa shape index (κ3) is 2.18. The second kappa shape index (κ2) is 4.69. The maximum absolute atomic E-state index is 11.0. The molecule has 1 aromatic carbocycles. The van der Waals surface area contributed by atoms with E-state index in [9.17, 15) is 25.0 Å². The fraction of sp³-hybridized carbons (Fsp3) is 0. The monoisotopic (exact) mass is 262 g/mol. The molecular formula is C11H6N2O6. The highest BCUT2D eigenvalue weighted by Crippen LogP contribution is 2.37. The first kappa shape index (κ1) is 12.4. The molecule has 0 atom stereocenters. The first-order valence-corrected chi connectivity index (χ1v) is 5.01. The minimum absolute atomic E-state index is 0.0178. The lowest BCUT2D eigenvalue weighted by atomic mass is 10.1. The van der Waals surface area contributed by atoms with Crippen LogP contribution in [0.25, 0.3) is 11.3 Å². The van der Waals surface area contributed by atoms with Crippen LogP contribution in [0.1, 0.15) is 10.6 Å². The van der Waals surface area contributed by atoms with Gasteiger partial charge in [0.15, 0.2) is 12.0 Å². The molecule has 0 aliphatic heterocycles. The van der Waals surface area contributed by atoms with Gasteiger partial charge in [-0.05, 0) is 18.2 Å². The Hall–Kier alpha value is -3.03. The molecule has 0 aliphatic carbocycles. The summed E-state index contributed by atoms with van der Waals surface area (Å²) in [5.41, 5.74) is -1.35. The number of nitro groups is 2. The zero-order valence-electron chi connectivity index (χ0n) is 9.31. The predicted molar refractivity (Wildman–Crippen MR) is 62.8 cm³/mol. The van der Waals surface area contributed by atoms with Gasteiger partial charge in [0.25, 0.3) is 0 Å². The average molecular weight is 262 g/mol. The van der Waals surface area contributed by atoms with Crippen LogP contribution in [0, 0.1) is 20.2 Å². The van der Waals surface area contributed by atoms with Gasteiger partial charge in [-0.1, -0.05) is 6.07 Å². The smallest absolute Gasteiger partial charge is 0.356 e. The summed E-state index contributed by atoms with van der Waals surface area (Å²) in [6.07, 6.45) is 0.437. The molecule has 0 radical (unpaired) electrons. The molecule has 1 aromatic heterocycles. The Bertz CT molecular complexity index is 676. The van der Waals surface area contributed by atoms with E-state index in [1.807, 2.05) is 0 Å². The molecule has 1 heterocycles. The third-order valence-electron chi connectivity index (χ3n) is 2.40. The number of aldehydes is 1. The summed E-state index contributed by atoms with van der Waals surface area (Å²) in [5, 5.41) is 21.8. The molecule has 8 heteroatoms. The topological polar surface area (TPSA) is 116 Å². The van der Waals surface area contributed by atoms with Gasteiger partial charge < -0.3 is 4.42 Å². The third-order valence-corrected chi connectivity index (χ3v) is 2.40. The second-order valence-corrected chi connectivity index (χ2v) is 3.51. The fourth-order valence-electron chi connectivity index (χ4n) is 1.63. The summed E-state index contributed by atoms with van der Waals surface area (Å²) in [6, 6.07) is 6.33. The molecule has 2 aromatic rings. The van der Waals surface area contributed by atoms with E-state index in [4.69, 9.17) is 4.42 Å². The van der Waals surface area contributed by atoms with Crippen LogP contribution in [0.15, 0.2) is 34.7 Å². The van der Waals surface area contributed by atoms with E-state index in [-0.39, 0.29) is 17.1 Å². The normalized spacial score (nSPS) is 10.1. The van der Waals surface area contributed by atoms with E-state index in [0.29, 0.717) is 6.29 Å². The number of rotatable bonds is 4. The van der Waals surface area contributed by atoms with E-state index >= 15 is 0 Å². The number of furan rings is 1. The summed E-state index contributed by atoms with van der Waals surface area (Å²) < 4.78 is 5.05. The lowest BCUT2D eigenvalue weighted by Gasteiger charge is -2.00. The van der Waals surface area contributed by atoms with Gasteiger partial charge in [-0.15, -0.1) is 0 Å². The quantitative estimate of drug-likeness (QED) is 0.474. The highest BCUT2D eigenvalue weighted by atomic mass is 16.6. The van der Waals surface area contributed by atoms with Gasteiger partial charge in [-0.3, -0.25) is 25.0 Å². The number of carbonyl (C=O) groups is 1. The molecule has 0 amide bonds. The Morgan fingerprint density at radius 2 is 1.79 bits per heavy atom. The Morgan fingerprint density at radius 1 is 1.05 bits per heavy atom. The first-order valence-electron chi connectivity index (χ1n) is 5.01. The zero-order chi connectivity index (χ0) is 14.0. The Kier molecular flexibility index (Phi) is 3.06. The summed E-state index contributed by atoms with van der Waals surface area (Å²) in [4.78, 5) is 30.6. The maximum atomic E-state index is 11.0. The van der Waals surface area contributed by atoms with E-state index in [0.717, 1.165) is 6.07 Å². The van der Waals surface area contributed by atoms with Crippen LogP contribution in [0.4, 0.5) is 11.4 Å². The minimum Gasteiger partial charge on any atom is -0.453 e. The molecule has 0 aliphatic rings. The van der Waals surface area contributed by atoms with Crippen molar-refractivity contribution < 1.29 is 19.1 Å².